The lowest BCUT2D eigenvalue weighted by Crippen LogP contribution is -2.03. The lowest BCUT2D eigenvalue weighted by Gasteiger charge is -1.98. The van der Waals surface area contributed by atoms with E-state index in [-0.39, 0.29) is 5.43 Å². The molecule has 0 aliphatic heterocycles. The Morgan fingerprint density at radius 2 is 2.21 bits per heavy atom. The van der Waals surface area contributed by atoms with Gasteiger partial charge < -0.3 is 0 Å². The molecule has 0 radical (unpaired) electrons. The summed E-state index contributed by atoms with van der Waals surface area (Å²) in [5.74, 6) is 0. The highest BCUT2D eigenvalue weighted by Crippen LogP contribution is 2.30. The molecule has 0 saturated carbocycles. The predicted octanol–water partition coefficient (Wildman–Crippen LogP) is 2.82. The molecule has 1 unspecified atom stereocenters. The molecule has 0 aliphatic rings. The van der Waals surface area contributed by atoms with Crippen molar-refractivity contribution in [2.75, 3.05) is 6.26 Å². The molecule has 2 heterocycles. The van der Waals surface area contributed by atoms with Crippen molar-refractivity contribution in [3.8, 4) is 0 Å². The number of fused-ring (bicyclic) bond motifs is 1. The van der Waals surface area contributed by atoms with Gasteiger partial charge in [-0.25, -0.2) is 0 Å². The summed E-state index contributed by atoms with van der Waals surface area (Å²) in [6, 6.07) is 1.88. The van der Waals surface area contributed by atoms with E-state index in [0.717, 1.165) is 9.40 Å². The molecule has 2 nitrogen and oxygen atoms in total. The quantitative estimate of drug-likeness (QED) is 0.812. The van der Waals surface area contributed by atoms with Crippen LogP contribution in [0.3, 0.4) is 0 Å². The molecule has 2 aromatic rings. The minimum Gasteiger partial charge on any atom is -0.287 e. The first-order valence-corrected chi connectivity index (χ1v) is 7.69. The molecular weight excluding hydrogens is 304 g/mol. The van der Waals surface area contributed by atoms with Crippen molar-refractivity contribution in [3.63, 3.8) is 0 Å². The summed E-state index contributed by atoms with van der Waals surface area (Å²) < 4.78 is 14.0. The summed E-state index contributed by atoms with van der Waals surface area (Å²) in [6.45, 7) is 0. The van der Waals surface area contributed by atoms with Crippen LogP contribution < -0.4 is 5.43 Å². The van der Waals surface area contributed by atoms with Gasteiger partial charge in [-0.1, -0.05) is 0 Å². The third kappa shape index (κ3) is 1.60. The zero-order chi connectivity index (χ0) is 10.3. The summed E-state index contributed by atoms with van der Waals surface area (Å²) in [4.78, 5) is 11.8. The second-order valence-corrected chi connectivity index (χ2v) is 6.94. The largest absolute Gasteiger partial charge is 0.287 e. The summed E-state index contributed by atoms with van der Waals surface area (Å²) in [5.41, 5.74) is -0.0565. The standard InChI is InChI=1S/C8H5BrO2S3/c1-14(11)8-5(9)6(10)7-4(13-8)2-3-12-7/h2-3H,1H3. The highest BCUT2D eigenvalue weighted by Gasteiger charge is 2.13. The molecule has 0 amide bonds. The number of hydrogen-bond acceptors (Lipinski definition) is 4. The van der Waals surface area contributed by atoms with E-state index in [9.17, 15) is 9.00 Å². The van der Waals surface area contributed by atoms with Gasteiger partial charge in [0.2, 0.25) is 5.43 Å². The lowest BCUT2D eigenvalue weighted by molar-refractivity contribution is 0.687. The molecule has 0 fully saturated rings. The minimum absolute atomic E-state index is 0.0565. The highest BCUT2D eigenvalue weighted by molar-refractivity contribution is 9.10. The van der Waals surface area contributed by atoms with Crippen LogP contribution in [0, 0.1) is 0 Å². The van der Waals surface area contributed by atoms with Crippen LogP contribution in [0.5, 0.6) is 0 Å². The Hall–Kier alpha value is -0.0400. The normalized spacial score (nSPS) is 13.3. The number of rotatable bonds is 1. The predicted molar refractivity (Wildman–Crippen MR) is 66.0 cm³/mol. The van der Waals surface area contributed by atoms with E-state index in [1.807, 2.05) is 11.4 Å². The fourth-order valence-corrected chi connectivity index (χ4v) is 5.20. The third-order valence-electron chi connectivity index (χ3n) is 1.68. The second kappa shape index (κ2) is 3.84. The van der Waals surface area contributed by atoms with Crippen LogP contribution in [-0.4, -0.2) is 10.5 Å². The van der Waals surface area contributed by atoms with Gasteiger partial charge in [0.25, 0.3) is 0 Å². The first-order valence-electron chi connectivity index (χ1n) is 3.64. The van der Waals surface area contributed by atoms with Crippen molar-refractivity contribution in [1.29, 1.82) is 0 Å². The molecule has 6 heteroatoms. The van der Waals surface area contributed by atoms with E-state index in [2.05, 4.69) is 15.9 Å². The van der Waals surface area contributed by atoms with Gasteiger partial charge in [-0.2, -0.15) is 0 Å². The van der Waals surface area contributed by atoms with E-state index >= 15 is 0 Å². The number of halogens is 1. The van der Waals surface area contributed by atoms with Crippen LogP contribution in [-0.2, 0) is 10.8 Å². The Morgan fingerprint density at radius 3 is 2.86 bits per heavy atom. The molecule has 14 heavy (non-hydrogen) atoms. The molecule has 2 rings (SSSR count). The first kappa shape index (κ1) is 10.5. The fraction of sp³-hybridized carbons (Fsp3) is 0.125. The fourth-order valence-electron chi connectivity index (χ4n) is 1.07. The van der Waals surface area contributed by atoms with Gasteiger partial charge in [-0.05, 0) is 27.4 Å². The van der Waals surface area contributed by atoms with Gasteiger partial charge in [0.1, 0.15) is 4.21 Å². The summed E-state index contributed by atoms with van der Waals surface area (Å²) in [5, 5.41) is 1.87. The molecule has 74 valence electrons. The van der Waals surface area contributed by atoms with Crippen molar-refractivity contribution in [2.45, 2.75) is 4.21 Å². The third-order valence-corrected chi connectivity index (χ3v) is 6.63. The molecule has 0 saturated heterocycles. The first-order chi connectivity index (χ1) is 6.61. The van der Waals surface area contributed by atoms with Gasteiger partial charge in [0.05, 0.1) is 24.7 Å². The van der Waals surface area contributed by atoms with Crippen molar-refractivity contribution in [1.82, 2.24) is 0 Å². The minimum atomic E-state index is -1.11. The van der Waals surface area contributed by atoms with Gasteiger partial charge in [0.15, 0.2) is 0 Å². The van der Waals surface area contributed by atoms with E-state index in [1.54, 1.807) is 6.26 Å². The van der Waals surface area contributed by atoms with Crippen molar-refractivity contribution >= 4 is 58.8 Å². The highest BCUT2D eigenvalue weighted by atomic mass is 79.9. The van der Waals surface area contributed by atoms with Gasteiger partial charge >= 0.3 is 0 Å². The SMILES string of the molecule is CS(=O)c1sc2ccsc2c(=O)c1Br. The lowest BCUT2D eigenvalue weighted by atomic mass is 10.5. The van der Waals surface area contributed by atoms with Crippen LogP contribution in [0.25, 0.3) is 9.40 Å². The zero-order valence-electron chi connectivity index (χ0n) is 7.07. The molecule has 1 atom stereocenters. The Labute approximate surface area is 99.2 Å². The average Bonchev–Trinajstić information content (AvgIpc) is 2.58. The van der Waals surface area contributed by atoms with Crippen molar-refractivity contribution in [2.24, 2.45) is 0 Å². The summed E-state index contributed by atoms with van der Waals surface area (Å²) in [6.07, 6.45) is 1.58. The second-order valence-electron chi connectivity index (χ2n) is 2.60. The van der Waals surface area contributed by atoms with Crippen LogP contribution in [0.4, 0.5) is 0 Å². The van der Waals surface area contributed by atoms with Crippen LogP contribution in [0.2, 0.25) is 0 Å². The molecule has 0 aliphatic carbocycles. The molecule has 2 aromatic heterocycles. The van der Waals surface area contributed by atoms with Crippen molar-refractivity contribution < 1.29 is 4.21 Å². The van der Waals surface area contributed by atoms with E-state index in [0.29, 0.717) is 8.68 Å². The van der Waals surface area contributed by atoms with E-state index < -0.39 is 10.8 Å². The topological polar surface area (TPSA) is 34.1 Å². The van der Waals surface area contributed by atoms with Crippen molar-refractivity contribution in [3.05, 3.63) is 26.1 Å². The van der Waals surface area contributed by atoms with Gasteiger partial charge in [-0.3, -0.25) is 9.00 Å². The summed E-state index contributed by atoms with van der Waals surface area (Å²) >= 11 is 6.02. The molecule has 0 spiro atoms. The van der Waals surface area contributed by atoms with Gasteiger partial charge in [-0.15, -0.1) is 22.7 Å². The average molecular weight is 309 g/mol. The Balaban J connectivity index is 2.94. The Kier molecular flexibility index (Phi) is 2.88. The molecule has 0 N–H and O–H groups in total. The Morgan fingerprint density at radius 1 is 1.50 bits per heavy atom. The molecule has 0 aromatic carbocycles. The van der Waals surface area contributed by atoms with Crippen LogP contribution in [0.1, 0.15) is 0 Å². The number of hydrogen-bond donors (Lipinski definition) is 0. The van der Waals surface area contributed by atoms with Gasteiger partial charge in [0, 0.05) is 6.26 Å². The van der Waals surface area contributed by atoms with E-state index in [4.69, 9.17) is 0 Å². The van der Waals surface area contributed by atoms with E-state index in [1.165, 1.54) is 22.7 Å². The molecule has 0 bridgehead atoms. The smallest absolute Gasteiger partial charge is 0.213 e. The zero-order valence-corrected chi connectivity index (χ0v) is 11.1. The number of thiophene rings is 1. The summed E-state index contributed by atoms with van der Waals surface area (Å²) in [7, 11) is -1.11. The maximum Gasteiger partial charge on any atom is 0.213 e. The maximum absolute atomic E-state index is 11.8. The van der Waals surface area contributed by atoms with Crippen LogP contribution in [0.15, 0.2) is 24.9 Å². The molecular formula is C8H5BrO2S3. The maximum atomic E-state index is 11.8. The Bertz CT molecular complexity index is 569. The van der Waals surface area contributed by atoms with Crippen LogP contribution >= 0.6 is 38.6 Å². The monoisotopic (exact) mass is 308 g/mol.